The number of nitrogens with one attached hydrogen (secondary N) is 2. The zero-order valence-corrected chi connectivity index (χ0v) is 18.1. The van der Waals surface area contributed by atoms with Crippen LogP contribution in [-0.2, 0) is 11.3 Å². The molecular weight excluding hydrogens is 433 g/mol. The van der Waals surface area contributed by atoms with Crippen LogP contribution in [0.25, 0.3) is 0 Å². The van der Waals surface area contributed by atoms with Gasteiger partial charge >= 0.3 is 0 Å². The SMILES string of the molecule is CCCCOCCCNC(=NC)NCc1cccc(OC)c1OC.I. The van der Waals surface area contributed by atoms with Gasteiger partial charge in [0.15, 0.2) is 17.5 Å². The van der Waals surface area contributed by atoms with Crippen molar-refractivity contribution in [3.8, 4) is 11.5 Å². The molecule has 1 rings (SSSR count). The van der Waals surface area contributed by atoms with Gasteiger partial charge < -0.3 is 24.8 Å². The van der Waals surface area contributed by atoms with Gasteiger partial charge in [0.1, 0.15) is 0 Å². The van der Waals surface area contributed by atoms with Crippen molar-refractivity contribution in [3.63, 3.8) is 0 Å². The van der Waals surface area contributed by atoms with Crippen LogP contribution in [0.1, 0.15) is 31.7 Å². The molecule has 0 aromatic heterocycles. The Morgan fingerprint density at radius 3 is 2.48 bits per heavy atom. The smallest absolute Gasteiger partial charge is 0.191 e. The molecule has 0 saturated heterocycles. The molecule has 25 heavy (non-hydrogen) atoms. The summed E-state index contributed by atoms with van der Waals surface area (Å²) in [4.78, 5) is 4.23. The maximum atomic E-state index is 5.54. The zero-order valence-electron chi connectivity index (χ0n) is 15.8. The van der Waals surface area contributed by atoms with Gasteiger partial charge in [0.2, 0.25) is 0 Å². The zero-order chi connectivity index (χ0) is 17.6. The van der Waals surface area contributed by atoms with E-state index in [1.807, 2.05) is 18.2 Å². The first-order valence-electron chi connectivity index (χ1n) is 8.48. The molecule has 0 radical (unpaired) electrons. The van der Waals surface area contributed by atoms with E-state index in [4.69, 9.17) is 14.2 Å². The average Bonchev–Trinajstić information content (AvgIpc) is 2.62. The van der Waals surface area contributed by atoms with Crippen LogP contribution in [0.5, 0.6) is 11.5 Å². The lowest BCUT2D eigenvalue weighted by Crippen LogP contribution is -2.37. The number of guanidine groups is 1. The molecule has 1 aromatic carbocycles. The van der Waals surface area contributed by atoms with E-state index in [9.17, 15) is 0 Å². The summed E-state index contributed by atoms with van der Waals surface area (Å²) >= 11 is 0. The molecule has 0 heterocycles. The summed E-state index contributed by atoms with van der Waals surface area (Å²) in [7, 11) is 5.04. The number of benzene rings is 1. The number of hydrogen-bond acceptors (Lipinski definition) is 4. The van der Waals surface area contributed by atoms with Crippen molar-refractivity contribution < 1.29 is 14.2 Å². The van der Waals surface area contributed by atoms with Crippen LogP contribution in [0.3, 0.4) is 0 Å². The lowest BCUT2D eigenvalue weighted by atomic mass is 10.2. The van der Waals surface area contributed by atoms with Crippen molar-refractivity contribution in [2.24, 2.45) is 4.99 Å². The molecule has 0 fully saturated rings. The van der Waals surface area contributed by atoms with E-state index in [-0.39, 0.29) is 24.0 Å². The van der Waals surface area contributed by atoms with Crippen LogP contribution in [0.4, 0.5) is 0 Å². The second-order valence-electron chi connectivity index (χ2n) is 5.32. The summed E-state index contributed by atoms with van der Waals surface area (Å²) in [5, 5.41) is 6.57. The Morgan fingerprint density at radius 1 is 1.08 bits per heavy atom. The quantitative estimate of drug-likeness (QED) is 0.228. The molecule has 0 saturated carbocycles. The van der Waals surface area contributed by atoms with Crippen molar-refractivity contribution in [3.05, 3.63) is 23.8 Å². The van der Waals surface area contributed by atoms with Gasteiger partial charge in [-0.15, -0.1) is 24.0 Å². The topological polar surface area (TPSA) is 64.1 Å². The second kappa shape index (κ2) is 15.1. The summed E-state index contributed by atoms with van der Waals surface area (Å²) in [5.41, 5.74) is 1.02. The van der Waals surface area contributed by atoms with Gasteiger partial charge in [-0.3, -0.25) is 4.99 Å². The monoisotopic (exact) mass is 465 g/mol. The van der Waals surface area contributed by atoms with Gasteiger partial charge in [-0.05, 0) is 18.9 Å². The van der Waals surface area contributed by atoms with Crippen LogP contribution >= 0.6 is 24.0 Å². The highest BCUT2D eigenvalue weighted by molar-refractivity contribution is 14.0. The molecule has 2 N–H and O–H groups in total. The van der Waals surface area contributed by atoms with Gasteiger partial charge in [-0.1, -0.05) is 25.5 Å². The van der Waals surface area contributed by atoms with Crippen molar-refractivity contribution in [1.82, 2.24) is 10.6 Å². The number of rotatable bonds is 11. The minimum absolute atomic E-state index is 0. The molecule has 0 unspecified atom stereocenters. The minimum atomic E-state index is 0. The number of ether oxygens (including phenoxy) is 3. The predicted octanol–water partition coefficient (Wildman–Crippen LogP) is 3.19. The highest BCUT2D eigenvalue weighted by Gasteiger charge is 2.09. The molecule has 1 aromatic rings. The summed E-state index contributed by atoms with van der Waals surface area (Å²) in [6.45, 7) is 5.21. The third-order valence-electron chi connectivity index (χ3n) is 3.55. The third-order valence-corrected chi connectivity index (χ3v) is 3.55. The molecule has 7 heteroatoms. The first-order valence-corrected chi connectivity index (χ1v) is 8.48. The molecule has 0 atom stereocenters. The molecule has 0 aliphatic carbocycles. The number of methoxy groups -OCH3 is 2. The normalized spacial score (nSPS) is 10.8. The Labute approximate surface area is 168 Å². The molecule has 0 bridgehead atoms. The predicted molar refractivity (Wildman–Crippen MR) is 114 cm³/mol. The fourth-order valence-electron chi connectivity index (χ4n) is 2.22. The Hall–Kier alpha value is -1.22. The van der Waals surface area contributed by atoms with Gasteiger partial charge in [0.25, 0.3) is 0 Å². The molecule has 0 amide bonds. The number of para-hydroxylation sites is 1. The maximum Gasteiger partial charge on any atom is 0.191 e. The van der Waals surface area contributed by atoms with Crippen molar-refractivity contribution >= 4 is 29.9 Å². The number of hydrogen-bond donors (Lipinski definition) is 2. The van der Waals surface area contributed by atoms with Gasteiger partial charge in [0.05, 0.1) is 14.2 Å². The van der Waals surface area contributed by atoms with Crippen LogP contribution < -0.4 is 20.1 Å². The van der Waals surface area contributed by atoms with E-state index >= 15 is 0 Å². The third kappa shape index (κ3) is 9.15. The van der Waals surface area contributed by atoms with E-state index < -0.39 is 0 Å². The van der Waals surface area contributed by atoms with Crippen LogP contribution in [-0.4, -0.2) is 47.0 Å². The summed E-state index contributed by atoms with van der Waals surface area (Å²) < 4.78 is 16.3. The van der Waals surface area contributed by atoms with Crippen molar-refractivity contribution in [2.45, 2.75) is 32.7 Å². The average molecular weight is 465 g/mol. The lowest BCUT2D eigenvalue weighted by molar-refractivity contribution is 0.129. The summed E-state index contributed by atoms with van der Waals surface area (Å²) in [6, 6.07) is 5.83. The second-order valence-corrected chi connectivity index (χ2v) is 5.32. The summed E-state index contributed by atoms with van der Waals surface area (Å²) in [5.74, 6) is 2.23. The largest absolute Gasteiger partial charge is 0.493 e. The van der Waals surface area contributed by atoms with E-state index in [0.717, 1.165) is 55.6 Å². The van der Waals surface area contributed by atoms with Crippen LogP contribution in [0.2, 0.25) is 0 Å². The van der Waals surface area contributed by atoms with E-state index in [1.165, 1.54) is 6.42 Å². The van der Waals surface area contributed by atoms with Gasteiger partial charge in [0, 0.05) is 38.9 Å². The van der Waals surface area contributed by atoms with E-state index in [0.29, 0.717) is 6.54 Å². The van der Waals surface area contributed by atoms with Gasteiger partial charge in [-0.25, -0.2) is 0 Å². The first kappa shape index (κ1) is 23.8. The first-order chi connectivity index (χ1) is 11.8. The molecule has 6 nitrogen and oxygen atoms in total. The van der Waals surface area contributed by atoms with E-state index in [1.54, 1.807) is 21.3 Å². The Bertz CT molecular complexity index is 498. The number of halogens is 1. The van der Waals surface area contributed by atoms with E-state index in [2.05, 4.69) is 22.5 Å². The molecule has 144 valence electrons. The van der Waals surface area contributed by atoms with Crippen molar-refractivity contribution in [2.75, 3.05) is 41.0 Å². The fourth-order valence-corrected chi connectivity index (χ4v) is 2.22. The lowest BCUT2D eigenvalue weighted by Gasteiger charge is -2.15. The fraction of sp³-hybridized carbons (Fsp3) is 0.611. The molecule has 0 spiro atoms. The number of aliphatic imine (C=N–C) groups is 1. The number of nitrogens with zero attached hydrogens (tertiary/aromatic N) is 1. The Kier molecular flexibility index (Phi) is 14.3. The Balaban J connectivity index is 0.00000576. The van der Waals surface area contributed by atoms with Crippen molar-refractivity contribution in [1.29, 1.82) is 0 Å². The standard InChI is InChI=1S/C18H31N3O3.HI/c1-5-6-12-24-13-8-11-20-18(19-2)21-14-15-9-7-10-16(22-3)17(15)23-4;/h7,9-10H,5-6,8,11-14H2,1-4H3,(H2,19,20,21);1H. The molecular formula is C18H32IN3O3. The van der Waals surface area contributed by atoms with Crippen LogP contribution in [0, 0.1) is 0 Å². The molecule has 0 aliphatic heterocycles. The summed E-state index contributed by atoms with van der Waals surface area (Å²) in [6.07, 6.45) is 3.24. The highest BCUT2D eigenvalue weighted by Crippen LogP contribution is 2.30. The number of unbranched alkanes of at least 4 members (excludes halogenated alkanes) is 1. The Morgan fingerprint density at radius 2 is 1.84 bits per heavy atom. The van der Waals surface area contributed by atoms with Gasteiger partial charge in [-0.2, -0.15) is 0 Å². The highest BCUT2D eigenvalue weighted by atomic mass is 127. The maximum absolute atomic E-state index is 5.54. The minimum Gasteiger partial charge on any atom is -0.493 e. The molecule has 0 aliphatic rings. The van der Waals surface area contributed by atoms with Crippen LogP contribution in [0.15, 0.2) is 23.2 Å².